The van der Waals surface area contributed by atoms with Gasteiger partial charge in [-0.3, -0.25) is 4.79 Å². The minimum atomic E-state index is -0.417. The van der Waals surface area contributed by atoms with E-state index in [0.717, 1.165) is 16.8 Å². The van der Waals surface area contributed by atoms with Gasteiger partial charge in [0, 0.05) is 17.4 Å². The van der Waals surface area contributed by atoms with Crippen LogP contribution in [0.1, 0.15) is 38.8 Å². The number of para-hydroxylation sites is 2. The van der Waals surface area contributed by atoms with Crippen LogP contribution >= 0.6 is 0 Å². The van der Waals surface area contributed by atoms with Crippen molar-refractivity contribution in [3.05, 3.63) is 83.0 Å². The number of aromatic nitrogens is 1. The van der Waals surface area contributed by atoms with Gasteiger partial charge in [0.1, 0.15) is 5.82 Å². The van der Waals surface area contributed by atoms with Gasteiger partial charge in [0.2, 0.25) is 0 Å². The molecule has 2 N–H and O–H groups in total. The summed E-state index contributed by atoms with van der Waals surface area (Å²) in [7, 11) is 0. The molecule has 148 valence electrons. The first-order chi connectivity index (χ1) is 14.0. The van der Waals surface area contributed by atoms with Gasteiger partial charge in [0.15, 0.2) is 0 Å². The largest absolute Gasteiger partial charge is 0.462 e. The number of esters is 1. The number of anilines is 3. The number of pyridine rings is 1. The highest BCUT2D eigenvalue weighted by molar-refractivity contribution is 6.05. The Morgan fingerprint density at radius 2 is 1.72 bits per heavy atom. The summed E-state index contributed by atoms with van der Waals surface area (Å²) in [6, 6.07) is 16.2. The highest BCUT2D eigenvalue weighted by Crippen LogP contribution is 2.23. The lowest BCUT2D eigenvalue weighted by molar-refractivity contribution is 0.0527. The van der Waals surface area contributed by atoms with Gasteiger partial charge in [-0.15, -0.1) is 0 Å². The number of nitrogens with zero attached hydrogens (tertiary/aromatic N) is 1. The average Bonchev–Trinajstić information content (AvgIpc) is 2.71. The molecule has 0 aliphatic heterocycles. The van der Waals surface area contributed by atoms with E-state index in [4.69, 9.17) is 4.74 Å². The van der Waals surface area contributed by atoms with Crippen LogP contribution in [0.2, 0.25) is 0 Å². The predicted molar refractivity (Wildman–Crippen MR) is 114 cm³/mol. The fraction of sp³-hybridized carbons (Fsp3) is 0.174. The summed E-state index contributed by atoms with van der Waals surface area (Å²) < 4.78 is 5.09. The van der Waals surface area contributed by atoms with Gasteiger partial charge in [0.05, 0.1) is 17.9 Å². The van der Waals surface area contributed by atoms with Crippen LogP contribution in [0.3, 0.4) is 0 Å². The molecule has 3 aromatic rings. The Morgan fingerprint density at radius 3 is 2.45 bits per heavy atom. The Bertz CT molecular complexity index is 1030. The third kappa shape index (κ3) is 4.79. The van der Waals surface area contributed by atoms with Gasteiger partial charge in [0.25, 0.3) is 5.91 Å². The zero-order chi connectivity index (χ0) is 20.8. The van der Waals surface area contributed by atoms with E-state index in [-0.39, 0.29) is 5.91 Å². The van der Waals surface area contributed by atoms with E-state index in [1.807, 2.05) is 38.1 Å². The van der Waals surface area contributed by atoms with Crippen molar-refractivity contribution in [1.29, 1.82) is 0 Å². The maximum atomic E-state index is 12.7. The number of rotatable bonds is 6. The SMILES string of the molecule is CCOC(=O)c1ccccc1Nc1cc(C(=O)Nc2c(C)cccc2C)ccn1. The van der Waals surface area contributed by atoms with Gasteiger partial charge in [-0.2, -0.15) is 0 Å². The molecule has 0 saturated carbocycles. The quantitative estimate of drug-likeness (QED) is 0.588. The summed E-state index contributed by atoms with van der Waals surface area (Å²) in [6.45, 7) is 5.95. The maximum Gasteiger partial charge on any atom is 0.340 e. The van der Waals surface area contributed by atoms with Crippen molar-refractivity contribution in [1.82, 2.24) is 4.98 Å². The molecule has 0 spiro atoms. The molecule has 0 atom stereocenters. The van der Waals surface area contributed by atoms with Crippen LogP contribution in [0.5, 0.6) is 0 Å². The molecule has 0 radical (unpaired) electrons. The monoisotopic (exact) mass is 389 g/mol. The van der Waals surface area contributed by atoms with Crippen LogP contribution in [0.25, 0.3) is 0 Å². The molecule has 0 unspecified atom stereocenters. The van der Waals surface area contributed by atoms with Crippen molar-refractivity contribution in [2.75, 3.05) is 17.2 Å². The second kappa shape index (κ2) is 9.01. The van der Waals surface area contributed by atoms with E-state index < -0.39 is 5.97 Å². The molecule has 0 aliphatic rings. The van der Waals surface area contributed by atoms with Crippen LogP contribution in [0.4, 0.5) is 17.2 Å². The number of hydrogen-bond donors (Lipinski definition) is 2. The Labute approximate surface area is 169 Å². The summed E-state index contributed by atoms with van der Waals surface area (Å²) in [5.74, 6) is -0.193. The molecular formula is C23H23N3O3. The first kappa shape index (κ1) is 20.1. The van der Waals surface area contributed by atoms with E-state index in [0.29, 0.717) is 29.2 Å². The number of amides is 1. The number of nitrogens with one attached hydrogen (secondary N) is 2. The summed E-state index contributed by atoms with van der Waals surface area (Å²) in [6.07, 6.45) is 1.55. The molecule has 1 heterocycles. The first-order valence-electron chi connectivity index (χ1n) is 9.36. The number of aryl methyl sites for hydroxylation is 2. The van der Waals surface area contributed by atoms with Crippen molar-refractivity contribution in [2.24, 2.45) is 0 Å². The zero-order valence-corrected chi connectivity index (χ0v) is 16.7. The number of hydrogen-bond acceptors (Lipinski definition) is 5. The fourth-order valence-corrected chi connectivity index (χ4v) is 2.95. The van der Waals surface area contributed by atoms with Gasteiger partial charge >= 0.3 is 5.97 Å². The van der Waals surface area contributed by atoms with E-state index in [2.05, 4.69) is 15.6 Å². The van der Waals surface area contributed by atoms with Crippen molar-refractivity contribution in [2.45, 2.75) is 20.8 Å². The Hall–Kier alpha value is -3.67. The van der Waals surface area contributed by atoms with E-state index in [1.54, 1.807) is 43.5 Å². The lowest BCUT2D eigenvalue weighted by Crippen LogP contribution is -2.14. The lowest BCUT2D eigenvalue weighted by atomic mass is 10.1. The molecule has 0 saturated heterocycles. The third-order valence-electron chi connectivity index (χ3n) is 4.43. The number of carbonyl (C=O) groups is 2. The van der Waals surface area contributed by atoms with Crippen molar-refractivity contribution < 1.29 is 14.3 Å². The minimum Gasteiger partial charge on any atom is -0.462 e. The lowest BCUT2D eigenvalue weighted by Gasteiger charge is -2.13. The van der Waals surface area contributed by atoms with E-state index in [1.165, 1.54) is 0 Å². The molecule has 0 bridgehead atoms. The van der Waals surface area contributed by atoms with Crippen molar-refractivity contribution >= 4 is 29.1 Å². The normalized spacial score (nSPS) is 10.3. The number of benzene rings is 2. The molecule has 0 fully saturated rings. The van der Waals surface area contributed by atoms with Crippen LogP contribution in [0.15, 0.2) is 60.8 Å². The standard InChI is InChI=1S/C23H23N3O3/c1-4-29-23(28)18-10-5-6-11-19(18)25-20-14-17(12-13-24-20)22(27)26-21-15(2)8-7-9-16(21)3/h5-14H,4H2,1-3H3,(H,24,25)(H,26,27). The summed E-state index contributed by atoms with van der Waals surface area (Å²) in [5.41, 5.74) is 4.21. The molecule has 6 heteroatoms. The van der Waals surface area contributed by atoms with E-state index in [9.17, 15) is 9.59 Å². The smallest absolute Gasteiger partial charge is 0.340 e. The Morgan fingerprint density at radius 1 is 1.00 bits per heavy atom. The van der Waals surface area contributed by atoms with Crippen molar-refractivity contribution in [3.8, 4) is 0 Å². The summed E-state index contributed by atoms with van der Waals surface area (Å²) >= 11 is 0. The average molecular weight is 389 g/mol. The maximum absolute atomic E-state index is 12.7. The van der Waals surface area contributed by atoms with Crippen LogP contribution in [0, 0.1) is 13.8 Å². The van der Waals surface area contributed by atoms with Gasteiger partial charge in [-0.1, -0.05) is 30.3 Å². The highest BCUT2D eigenvalue weighted by Gasteiger charge is 2.14. The number of carbonyl (C=O) groups excluding carboxylic acids is 2. The topological polar surface area (TPSA) is 80.3 Å². The Kier molecular flexibility index (Phi) is 6.24. The molecule has 1 aromatic heterocycles. The Balaban J connectivity index is 1.82. The zero-order valence-electron chi connectivity index (χ0n) is 16.7. The van der Waals surface area contributed by atoms with Crippen LogP contribution in [-0.4, -0.2) is 23.5 Å². The highest BCUT2D eigenvalue weighted by atomic mass is 16.5. The van der Waals surface area contributed by atoms with Crippen LogP contribution < -0.4 is 10.6 Å². The third-order valence-corrected chi connectivity index (χ3v) is 4.43. The second-order valence-corrected chi connectivity index (χ2v) is 6.54. The number of ether oxygens (including phenoxy) is 1. The second-order valence-electron chi connectivity index (χ2n) is 6.54. The predicted octanol–water partition coefficient (Wildman–Crippen LogP) is 4.87. The van der Waals surface area contributed by atoms with Gasteiger partial charge in [-0.25, -0.2) is 9.78 Å². The molecule has 2 aromatic carbocycles. The molecule has 0 aliphatic carbocycles. The summed E-state index contributed by atoms with van der Waals surface area (Å²) in [4.78, 5) is 29.2. The van der Waals surface area contributed by atoms with Gasteiger partial charge in [-0.05, 0) is 56.2 Å². The van der Waals surface area contributed by atoms with E-state index >= 15 is 0 Å². The van der Waals surface area contributed by atoms with Gasteiger partial charge < -0.3 is 15.4 Å². The van der Waals surface area contributed by atoms with Crippen molar-refractivity contribution in [3.63, 3.8) is 0 Å². The molecule has 1 amide bonds. The molecule has 6 nitrogen and oxygen atoms in total. The molecule has 3 rings (SSSR count). The summed E-state index contributed by atoms with van der Waals surface area (Å²) in [5, 5.41) is 6.07. The minimum absolute atomic E-state index is 0.230. The fourth-order valence-electron chi connectivity index (χ4n) is 2.95. The first-order valence-corrected chi connectivity index (χ1v) is 9.36. The molecular weight excluding hydrogens is 366 g/mol. The van der Waals surface area contributed by atoms with Crippen LogP contribution in [-0.2, 0) is 4.74 Å². The molecule has 29 heavy (non-hydrogen) atoms.